The number of piperidine rings is 2. The Kier molecular flexibility index (Phi) is 11.9. The predicted octanol–water partition coefficient (Wildman–Crippen LogP) is 8.04. The lowest BCUT2D eigenvalue weighted by Gasteiger charge is -2.51. The van der Waals surface area contributed by atoms with Crippen molar-refractivity contribution in [3.63, 3.8) is 0 Å². The molecule has 2 amide bonds. The Bertz CT molecular complexity index is 1960. The van der Waals surface area contributed by atoms with Crippen LogP contribution in [0.2, 0.25) is 0 Å². The molecule has 2 aromatic heterocycles. The fraction of sp³-hybridized carbons (Fsp3) is 0.538. The molecule has 2 saturated heterocycles. The number of hydrogen-bond acceptors (Lipinski definition) is 8. The highest BCUT2D eigenvalue weighted by Gasteiger charge is 2.57. The van der Waals surface area contributed by atoms with E-state index in [2.05, 4.69) is 4.98 Å². The highest BCUT2D eigenvalue weighted by Crippen LogP contribution is 2.46. The van der Waals surface area contributed by atoms with Gasteiger partial charge in [0, 0.05) is 54.8 Å². The van der Waals surface area contributed by atoms with Gasteiger partial charge in [0.1, 0.15) is 16.3 Å². The van der Waals surface area contributed by atoms with Crippen LogP contribution < -0.4 is 15.2 Å². The first-order chi connectivity index (χ1) is 26.8. The fourth-order valence-electron chi connectivity index (χ4n) is 8.29. The van der Waals surface area contributed by atoms with Gasteiger partial charge < -0.3 is 30.1 Å². The zero-order valence-electron chi connectivity index (χ0n) is 31.1. The fourth-order valence-corrected chi connectivity index (χ4v) is 8.97. The molecule has 4 heterocycles. The summed E-state index contributed by atoms with van der Waals surface area (Å²) in [4.78, 5) is 46.2. The average molecular weight is 829 g/mol. The van der Waals surface area contributed by atoms with Crippen LogP contribution in [0.1, 0.15) is 97.6 Å². The molecule has 0 radical (unpaired) electrons. The van der Waals surface area contributed by atoms with E-state index < -0.39 is 74.7 Å². The number of benzene rings is 1. The lowest BCUT2D eigenvalue weighted by Crippen LogP contribution is -2.69. The van der Waals surface area contributed by atoms with E-state index in [1.807, 2.05) is 0 Å². The largest absolute Gasteiger partial charge is 0.490 e. The zero-order valence-corrected chi connectivity index (χ0v) is 31.9. The summed E-state index contributed by atoms with van der Waals surface area (Å²) in [5.41, 5.74) is 0.884. The minimum atomic E-state index is -4.93. The van der Waals surface area contributed by atoms with Crippen LogP contribution >= 0.6 is 11.3 Å². The van der Waals surface area contributed by atoms with Gasteiger partial charge in [-0.05, 0) is 63.1 Å². The van der Waals surface area contributed by atoms with Crippen LogP contribution in [0.15, 0.2) is 48.0 Å². The lowest BCUT2D eigenvalue weighted by atomic mass is 9.67. The number of likely N-dealkylation sites (tertiary alicyclic amines) is 2. The molecular formula is C39H43F7N4O6S. The Morgan fingerprint density at radius 2 is 1.70 bits per heavy atom. The highest BCUT2D eigenvalue weighted by atomic mass is 32.1. The molecule has 0 spiro atoms. The molecule has 3 aromatic rings. The van der Waals surface area contributed by atoms with Crippen molar-refractivity contribution in [3.05, 3.63) is 75.5 Å². The van der Waals surface area contributed by atoms with Crippen molar-refractivity contribution in [2.24, 2.45) is 11.1 Å². The number of pyridine rings is 1. The standard InChI is InChI=1S/C39H43F7N4O6S/c1-2-7-28-37(56-24-22-29(57-23-24)39(44,45)46,13-6-18-50(28)32(51)30-25(38(41,42)43)9-4-17-48-30)33(52)49-19-14-36(47,15-20-49)26-8-3-10-27(40)31(26)55-21-16-35(34(53)54)11-5-12-35/h3-4,8-10,17,22-23,28H,2,5-7,11-16,18-21,47H2,1H3,(H,53,54)/t28-,37+/m1/s1. The SMILES string of the molecule is CCC[C@H]1N(C(=O)c2ncccc2C(F)(F)F)CCC[C@@]1(Oc1csc(C(F)(F)F)c1)C(=O)N1CCC(N)(c2cccc(F)c2OCCC2(C(=O)O)CCC2)CC1. The zero-order chi connectivity index (χ0) is 41.4. The summed E-state index contributed by atoms with van der Waals surface area (Å²) in [5, 5.41) is 10.8. The van der Waals surface area contributed by atoms with Gasteiger partial charge in [0.25, 0.3) is 11.8 Å². The Morgan fingerprint density at radius 3 is 2.30 bits per heavy atom. The van der Waals surface area contributed by atoms with E-state index in [1.54, 1.807) is 13.0 Å². The van der Waals surface area contributed by atoms with Crippen molar-refractivity contribution in [1.29, 1.82) is 0 Å². The summed E-state index contributed by atoms with van der Waals surface area (Å²) in [6, 6.07) is 5.55. The maximum Gasteiger partial charge on any atom is 0.425 e. The van der Waals surface area contributed by atoms with Gasteiger partial charge in [-0.2, -0.15) is 26.3 Å². The monoisotopic (exact) mass is 828 g/mol. The van der Waals surface area contributed by atoms with Crippen LogP contribution in [0.4, 0.5) is 30.7 Å². The topological polar surface area (TPSA) is 135 Å². The summed E-state index contributed by atoms with van der Waals surface area (Å²) >= 11 is 0.348. The number of aromatic nitrogens is 1. The highest BCUT2D eigenvalue weighted by molar-refractivity contribution is 7.10. The number of para-hydroxylation sites is 1. The number of carboxylic acid groups (broad SMARTS) is 1. The second kappa shape index (κ2) is 16.1. The first-order valence-electron chi connectivity index (χ1n) is 18.8. The number of aliphatic carboxylic acids is 1. The normalized spacial score (nSPS) is 22.1. The van der Waals surface area contributed by atoms with Gasteiger partial charge in [0.05, 0.1) is 23.6 Å². The molecule has 1 saturated carbocycles. The number of thiophene rings is 1. The molecular weight excluding hydrogens is 786 g/mol. The molecule has 3 aliphatic rings. The van der Waals surface area contributed by atoms with E-state index in [-0.39, 0.29) is 76.3 Å². The number of carbonyl (C=O) groups excluding carboxylic acids is 2. The van der Waals surface area contributed by atoms with Crippen LogP contribution in [-0.2, 0) is 27.5 Å². The first kappa shape index (κ1) is 42.2. The maximum atomic E-state index is 15.3. The summed E-state index contributed by atoms with van der Waals surface area (Å²) in [5.74, 6) is -3.85. The summed E-state index contributed by atoms with van der Waals surface area (Å²) < 4.78 is 111. The quantitative estimate of drug-likeness (QED) is 0.175. The number of ether oxygens (including phenoxy) is 2. The number of hydrogen-bond donors (Lipinski definition) is 2. The summed E-state index contributed by atoms with van der Waals surface area (Å²) in [6.45, 7) is 1.50. The van der Waals surface area contributed by atoms with Crippen molar-refractivity contribution in [3.8, 4) is 11.5 Å². The minimum Gasteiger partial charge on any atom is -0.490 e. The second-order valence-electron chi connectivity index (χ2n) is 15.0. The van der Waals surface area contributed by atoms with E-state index in [9.17, 15) is 45.8 Å². The van der Waals surface area contributed by atoms with Crippen LogP contribution in [0.5, 0.6) is 11.5 Å². The van der Waals surface area contributed by atoms with Gasteiger partial charge in [-0.1, -0.05) is 31.9 Å². The average Bonchev–Trinajstić information content (AvgIpc) is 3.62. The van der Waals surface area contributed by atoms with Crippen molar-refractivity contribution in [1.82, 2.24) is 14.8 Å². The third kappa shape index (κ3) is 8.29. The number of nitrogens with zero attached hydrogens (tertiary/aromatic N) is 3. The lowest BCUT2D eigenvalue weighted by molar-refractivity contribution is -0.161. The predicted molar refractivity (Wildman–Crippen MR) is 193 cm³/mol. The molecule has 18 heteroatoms. The van der Waals surface area contributed by atoms with Crippen LogP contribution in [0.3, 0.4) is 0 Å². The first-order valence-corrected chi connectivity index (χ1v) is 19.6. The molecule has 1 aliphatic carbocycles. The van der Waals surface area contributed by atoms with Gasteiger partial charge in [0.2, 0.25) is 5.60 Å². The molecule has 0 unspecified atom stereocenters. The molecule has 10 nitrogen and oxygen atoms in total. The Morgan fingerprint density at radius 1 is 0.982 bits per heavy atom. The van der Waals surface area contributed by atoms with Crippen LogP contribution in [-0.4, -0.2) is 75.6 Å². The molecule has 6 rings (SSSR count). The van der Waals surface area contributed by atoms with E-state index in [1.165, 1.54) is 17.0 Å². The number of carboxylic acids is 1. The molecule has 2 aliphatic heterocycles. The number of rotatable bonds is 12. The maximum absolute atomic E-state index is 15.3. The number of nitrogens with two attached hydrogens (primary N) is 1. The van der Waals surface area contributed by atoms with Gasteiger partial charge in [0.15, 0.2) is 11.6 Å². The smallest absolute Gasteiger partial charge is 0.425 e. The minimum absolute atomic E-state index is 0.0405. The Labute approximate surface area is 328 Å². The number of amides is 2. The van der Waals surface area contributed by atoms with Crippen LogP contribution in [0, 0.1) is 11.2 Å². The number of alkyl halides is 6. The van der Waals surface area contributed by atoms with Crippen molar-refractivity contribution in [2.75, 3.05) is 26.2 Å². The third-order valence-corrected chi connectivity index (χ3v) is 12.5. The van der Waals surface area contributed by atoms with Crippen molar-refractivity contribution >= 4 is 29.1 Å². The third-order valence-electron chi connectivity index (χ3n) is 11.6. The molecule has 0 bridgehead atoms. The van der Waals surface area contributed by atoms with Crippen molar-refractivity contribution < 1.29 is 59.7 Å². The molecule has 1 aromatic carbocycles. The number of carbonyl (C=O) groups is 3. The summed E-state index contributed by atoms with van der Waals surface area (Å²) in [7, 11) is 0. The van der Waals surface area contributed by atoms with Gasteiger partial charge in [-0.3, -0.25) is 19.4 Å². The van der Waals surface area contributed by atoms with E-state index in [4.69, 9.17) is 15.2 Å². The molecule has 3 N–H and O–H groups in total. The molecule has 2 atom stereocenters. The summed E-state index contributed by atoms with van der Waals surface area (Å²) in [6.07, 6.45) is -6.22. The van der Waals surface area contributed by atoms with Gasteiger partial charge in [-0.25, -0.2) is 4.39 Å². The second-order valence-corrected chi connectivity index (χ2v) is 16.0. The van der Waals surface area contributed by atoms with Crippen LogP contribution in [0.25, 0.3) is 0 Å². The molecule has 3 fully saturated rings. The van der Waals surface area contributed by atoms with E-state index >= 15 is 4.39 Å². The molecule has 57 heavy (non-hydrogen) atoms. The van der Waals surface area contributed by atoms with E-state index in [0.717, 1.165) is 41.1 Å². The van der Waals surface area contributed by atoms with E-state index in [0.29, 0.717) is 36.2 Å². The van der Waals surface area contributed by atoms with Gasteiger partial charge in [-0.15, -0.1) is 11.3 Å². The molecule has 310 valence electrons. The Balaban J connectivity index is 1.30. The van der Waals surface area contributed by atoms with Gasteiger partial charge >= 0.3 is 18.3 Å². The Hall–Kier alpha value is -4.45. The van der Waals surface area contributed by atoms with Crippen molar-refractivity contribution in [2.45, 2.75) is 101 Å². The number of halogens is 7.